The van der Waals surface area contributed by atoms with Crippen LogP contribution in [0.25, 0.3) is 11.1 Å². The molecule has 0 radical (unpaired) electrons. The molecule has 0 bridgehead atoms. The predicted octanol–water partition coefficient (Wildman–Crippen LogP) is 3.40. The summed E-state index contributed by atoms with van der Waals surface area (Å²) in [5, 5.41) is 24.4. The van der Waals surface area contributed by atoms with Gasteiger partial charge in [0.25, 0.3) is 5.69 Å². The number of benzene rings is 1. The Morgan fingerprint density at radius 2 is 2.08 bits per heavy atom. The fraction of sp³-hybridized carbons (Fsp3) is 0.438. The number of halogens is 1. The van der Waals surface area contributed by atoms with E-state index >= 15 is 0 Å². The zero-order valence-electron chi connectivity index (χ0n) is 14.5. The summed E-state index contributed by atoms with van der Waals surface area (Å²) in [5.74, 6) is -0.733. The minimum atomic E-state index is -1.18. The van der Waals surface area contributed by atoms with Crippen LogP contribution in [0.5, 0.6) is 0 Å². The number of aromatic nitrogens is 2. The van der Waals surface area contributed by atoms with Crippen LogP contribution in [0.1, 0.15) is 5.69 Å². The zero-order chi connectivity index (χ0) is 18.6. The third-order valence-corrected chi connectivity index (χ3v) is 5.37. The molecule has 1 aromatic carbocycles. The van der Waals surface area contributed by atoms with Gasteiger partial charge in [0.2, 0.25) is 0 Å². The smallest absolute Gasteiger partial charge is 0.272 e. The van der Waals surface area contributed by atoms with Gasteiger partial charge in [-0.3, -0.25) is 10.1 Å². The lowest BCUT2D eigenvalue weighted by atomic mass is 10.1. The van der Waals surface area contributed by atoms with Crippen LogP contribution >= 0.6 is 0 Å². The Balaban J connectivity index is 2.16. The summed E-state index contributed by atoms with van der Waals surface area (Å²) in [7, 11) is -1.18. The van der Waals surface area contributed by atoms with Crippen molar-refractivity contribution in [3.8, 4) is 11.1 Å². The van der Waals surface area contributed by atoms with Crippen molar-refractivity contribution < 1.29 is 19.2 Å². The van der Waals surface area contributed by atoms with Crippen LogP contribution < -0.4 is 0 Å². The van der Waals surface area contributed by atoms with Gasteiger partial charge in [-0.1, -0.05) is 19.6 Å². The largest absolute Gasteiger partial charge is 0.390 e. The number of rotatable bonds is 8. The van der Waals surface area contributed by atoms with Gasteiger partial charge < -0.3 is 9.84 Å². The molecule has 1 heterocycles. The minimum absolute atomic E-state index is 0.156. The molecule has 1 N–H and O–H groups in total. The lowest BCUT2D eigenvalue weighted by Gasteiger charge is -2.15. The van der Waals surface area contributed by atoms with E-state index in [1.54, 1.807) is 6.20 Å². The maximum Gasteiger partial charge on any atom is 0.272 e. The molecule has 0 aliphatic rings. The fourth-order valence-corrected chi connectivity index (χ4v) is 3.00. The van der Waals surface area contributed by atoms with Gasteiger partial charge in [-0.2, -0.15) is 5.10 Å². The third-order valence-electron chi connectivity index (χ3n) is 3.66. The van der Waals surface area contributed by atoms with Gasteiger partial charge in [-0.25, -0.2) is 9.07 Å². The molecule has 0 atom stereocenters. The second-order valence-electron chi connectivity index (χ2n) is 6.96. The highest BCUT2D eigenvalue weighted by Gasteiger charge is 2.17. The van der Waals surface area contributed by atoms with Gasteiger partial charge >= 0.3 is 0 Å². The molecule has 7 nitrogen and oxygen atoms in total. The molecule has 0 unspecified atom stereocenters. The second-order valence-corrected chi connectivity index (χ2v) is 12.6. The van der Waals surface area contributed by atoms with Gasteiger partial charge in [0, 0.05) is 38.1 Å². The summed E-state index contributed by atoms with van der Waals surface area (Å²) in [5.41, 5.74) is 0.516. The second kappa shape index (κ2) is 7.85. The molecule has 0 fully saturated rings. The van der Waals surface area contributed by atoms with Crippen molar-refractivity contribution >= 4 is 13.8 Å². The summed E-state index contributed by atoms with van der Waals surface area (Å²) < 4.78 is 21.3. The van der Waals surface area contributed by atoms with Gasteiger partial charge in [-0.05, 0) is 12.1 Å². The molecule has 25 heavy (non-hydrogen) atoms. The van der Waals surface area contributed by atoms with Crippen molar-refractivity contribution in [2.45, 2.75) is 39.0 Å². The minimum Gasteiger partial charge on any atom is -0.390 e. The number of ether oxygens (including phenoxy) is 1. The van der Waals surface area contributed by atoms with Crippen molar-refractivity contribution in [2.24, 2.45) is 0 Å². The summed E-state index contributed by atoms with van der Waals surface area (Å²) in [6.45, 7) is 7.21. The highest BCUT2D eigenvalue weighted by molar-refractivity contribution is 6.76. The third kappa shape index (κ3) is 5.18. The summed E-state index contributed by atoms with van der Waals surface area (Å²) in [6.07, 6.45) is 1.57. The van der Waals surface area contributed by atoms with Crippen LogP contribution in [-0.4, -0.2) is 34.5 Å². The molecular formula is C16H22FN3O4Si. The van der Waals surface area contributed by atoms with Crippen molar-refractivity contribution in [3.63, 3.8) is 0 Å². The first kappa shape index (κ1) is 19.2. The Bertz CT molecular complexity index is 758. The average Bonchev–Trinajstić information content (AvgIpc) is 2.93. The number of aliphatic hydroxyl groups excluding tert-OH is 1. The molecule has 0 aliphatic heterocycles. The van der Waals surface area contributed by atoms with Gasteiger partial charge in [0.15, 0.2) is 0 Å². The number of nitro benzene ring substituents is 1. The van der Waals surface area contributed by atoms with Gasteiger partial charge in [0.05, 0.1) is 23.3 Å². The van der Waals surface area contributed by atoms with E-state index in [9.17, 15) is 19.6 Å². The molecule has 0 aliphatic carbocycles. The first-order chi connectivity index (χ1) is 11.7. The van der Waals surface area contributed by atoms with Crippen LogP contribution in [0, 0.1) is 15.9 Å². The van der Waals surface area contributed by atoms with E-state index in [1.165, 1.54) is 16.8 Å². The number of hydrogen-bond acceptors (Lipinski definition) is 5. The molecule has 0 saturated heterocycles. The predicted molar refractivity (Wildman–Crippen MR) is 94.3 cm³/mol. The van der Waals surface area contributed by atoms with Crippen molar-refractivity contribution in [3.05, 3.63) is 46.0 Å². The summed E-state index contributed by atoms with van der Waals surface area (Å²) in [4.78, 5) is 10.1. The molecule has 0 saturated carbocycles. The lowest BCUT2D eigenvalue weighted by Crippen LogP contribution is -2.22. The highest BCUT2D eigenvalue weighted by Crippen LogP contribution is 2.28. The number of non-ortho nitro benzene ring substituents is 1. The van der Waals surface area contributed by atoms with Crippen molar-refractivity contribution in [1.82, 2.24) is 9.78 Å². The Hall–Kier alpha value is -2.10. The number of aliphatic hydroxyl groups is 1. The Labute approximate surface area is 146 Å². The SMILES string of the molecule is C[Si](C)(C)CCOCn1cc(-c2ccc([N+](=O)[O-])cc2F)c(CO)n1. The van der Waals surface area contributed by atoms with E-state index < -0.39 is 18.8 Å². The molecule has 2 aromatic rings. The average molecular weight is 367 g/mol. The van der Waals surface area contributed by atoms with Crippen LogP contribution in [0.4, 0.5) is 10.1 Å². The van der Waals surface area contributed by atoms with Crippen LogP contribution in [0.3, 0.4) is 0 Å². The maximum atomic E-state index is 14.2. The number of nitrogens with zero attached hydrogens (tertiary/aromatic N) is 3. The van der Waals surface area contributed by atoms with E-state index in [-0.39, 0.29) is 24.6 Å². The van der Waals surface area contributed by atoms with Crippen LogP contribution in [-0.2, 0) is 18.1 Å². The molecule has 1 aromatic heterocycles. The van der Waals surface area contributed by atoms with E-state index in [2.05, 4.69) is 24.7 Å². The van der Waals surface area contributed by atoms with Crippen molar-refractivity contribution in [2.75, 3.05) is 6.61 Å². The van der Waals surface area contributed by atoms with Crippen LogP contribution in [0.2, 0.25) is 25.7 Å². The quantitative estimate of drug-likeness (QED) is 0.334. The Kier molecular flexibility index (Phi) is 6.04. The topological polar surface area (TPSA) is 90.4 Å². The van der Waals surface area contributed by atoms with Gasteiger partial charge in [-0.15, -0.1) is 0 Å². The summed E-state index contributed by atoms with van der Waals surface area (Å²) in [6, 6.07) is 4.42. The fourth-order valence-electron chi connectivity index (χ4n) is 2.24. The first-order valence-corrected chi connectivity index (χ1v) is 11.6. The molecule has 2 rings (SSSR count). The van der Waals surface area contributed by atoms with Gasteiger partial charge in [0.1, 0.15) is 12.5 Å². The Morgan fingerprint density at radius 3 is 2.64 bits per heavy atom. The first-order valence-electron chi connectivity index (χ1n) is 7.90. The van der Waals surface area contributed by atoms with Crippen molar-refractivity contribution in [1.29, 1.82) is 0 Å². The zero-order valence-corrected chi connectivity index (χ0v) is 15.5. The monoisotopic (exact) mass is 367 g/mol. The normalized spacial score (nSPS) is 11.7. The molecular weight excluding hydrogens is 345 g/mol. The molecule has 136 valence electrons. The number of nitro groups is 1. The van der Waals surface area contributed by atoms with E-state index in [4.69, 9.17) is 4.74 Å². The maximum absolute atomic E-state index is 14.2. The standard InChI is InChI=1S/C16H22FN3O4Si/c1-25(2,3)7-6-24-11-19-9-14(16(10-21)18-19)13-5-4-12(20(22)23)8-15(13)17/h4-5,8-9,21H,6-7,10-11H2,1-3H3. The molecule has 9 heteroatoms. The van der Waals surface area contributed by atoms with E-state index in [0.717, 1.165) is 12.1 Å². The Morgan fingerprint density at radius 1 is 1.36 bits per heavy atom. The van der Waals surface area contributed by atoms with Crippen LogP contribution in [0.15, 0.2) is 24.4 Å². The molecule has 0 spiro atoms. The molecule has 0 amide bonds. The summed E-state index contributed by atoms with van der Waals surface area (Å²) >= 11 is 0. The van der Waals surface area contributed by atoms with E-state index in [0.29, 0.717) is 17.9 Å². The lowest BCUT2D eigenvalue weighted by molar-refractivity contribution is -0.385. The van der Waals surface area contributed by atoms with E-state index in [1.807, 2.05) is 0 Å². The number of hydrogen-bond donors (Lipinski definition) is 1. The highest BCUT2D eigenvalue weighted by atomic mass is 28.3.